The molecule has 12 heavy (non-hydrogen) atoms. The van der Waals surface area contributed by atoms with Crippen LogP contribution in [0.5, 0.6) is 0 Å². The lowest BCUT2D eigenvalue weighted by Crippen LogP contribution is -2.23. The van der Waals surface area contributed by atoms with Crippen molar-refractivity contribution in [2.75, 3.05) is 6.61 Å². The van der Waals surface area contributed by atoms with Crippen LogP contribution in [0.15, 0.2) is 0 Å². The average Bonchev–Trinajstić information content (AvgIpc) is 1.97. The van der Waals surface area contributed by atoms with Gasteiger partial charge in [0.15, 0.2) is 0 Å². The number of hydrogen-bond donors (Lipinski definition) is 2. The fourth-order valence-electron chi connectivity index (χ4n) is 0.542. The Bertz CT molecular complexity index is 165. The van der Waals surface area contributed by atoms with Crippen LogP contribution in [-0.4, -0.2) is 35.2 Å². The van der Waals surface area contributed by atoms with Crippen molar-refractivity contribution in [1.82, 2.24) is 0 Å². The van der Waals surface area contributed by atoms with Gasteiger partial charge < -0.3 is 19.7 Å². The van der Waals surface area contributed by atoms with E-state index in [0.717, 1.165) is 0 Å². The zero-order valence-electron chi connectivity index (χ0n) is 6.52. The first-order chi connectivity index (χ1) is 5.56. The van der Waals surface area contributed by atoms with Crippen LogP contribution >= 0.6 is 0 Å². The van der Waals surface area contributed by atoms with E-state index in [1.54, 1.807) is 6.92 Å². The van der Waals surface area contributed by atoms with Crippen molar-refractivity contribution >= 4 is 12.3 Å². The van der Waals surface area contributed by atoms with E-state index in [1.807, 2.05) is 0 Å². The van der Waals surface area contributed by atoms with Crippen molar-refractivity contribution < 1.29 is 29.3 Å². The summed E-state index contributed by atoms with van der Waals surface area (Å²) >= 11 is 0. The molecule has 0 saturated heterocycles. The Hall–Kier alpha value is -1.46. The molecule has 0 spiro atoms. The molecule has 0 saturated carbocycles. The summed E-state index contributed by atoms with van der Waals surface area (Å²) in [6, 6.07) is 0. The molecule has 0 aliphatic carbocycles. The van der Waals surface area contributed by atoms with Crippen molar-refractivity contribution in [3.05, 3.63) is 0 Å². The molecule has 1 atom stereocenters. The summed E-state index contributed by atoms with van der Waals surface area (Å²) in [7, 11) is 0. The second-order valence-electron chi connectivity index (χ2n) is 1.99. The zero-order chi connectivity index (χ0) is 9.56. The van der Waals surface area contributed by atoms with E-state index >= 15 is 0 Å². The zero-order valence-corrected chi connectivity index (χ0v) is 6.52. The lowest BCUT2D eigenvalue weighted by atomic mass is 10.3. The third-order valence-electron chi connectivity index (χ3n) is 1.12. The van der Waals surface area contributed by atoms with Crippen LogP contribution in [0.4, 0.5) is 9.59 Å². The molecular weight excluding hydrogens is 168 g/mol. The minimum Gasteiger partial charge on any atom is -0.450 e. The largest absolute Gasteiger partial charge is 0.506 e. The number of hydrogen-bond acceptors (Lipinski definition) is 4. The topological polar surface area (TPSA) is 93.1 Å². The minimum absolute atomic E-state index is 0.266. The van der Waals surface area contributed by atoms with Crippen LogP contribution in [0.3, 0.4) is 0 Å². The Balaban J connectivity index is 3.67. The van der Waals surface area contributed by atoms with Crippen LogP contribution in [0, 0.1) is 0 Å². The molecule has 6 nitrogen and oxygen atoms in total. The summed E-state index contributed by atoms with van der Waals surface area (Å²) in [6.07, 6.45) is -3.23. The Morgan fingerprint density at radius 2 is 1.92 bits per heavy atom. The van der Waals surface area contributed by atoms with Crippen LogP contribution in [0.2, 0.25) is 0 Å². The molecular formula is C6H10O6. The second kappa shape index (κ2) is 5.22. The molecule has 1 unspecified atom stereocenters. The fourth-order valence-corrected chi connectivity index (χ4v) is 0.542. The maximum absolute atomic E-state index is 9.99. The van der Waals surface area contributed by atoms with E-state index in [-0.39, 0.29) is 6.61 Å². The van der Waals surface area contributed by atoms with Crippen molar-refractivity contribution in [2.45, 2.75) is 19.4 Å². The molecule has 70 valence electrons. The Morgan fingerprint density at radius 3 is 2.25 bits per heavy atom. The average molecular weight is 178 g/mol. The Morgan fingerprint density at radius 1 is 1.33 bits per heavy atom. The summed E-state index contributed by atoms with van der Waals surface area (Å²) in [5, 5.41) is 16.2. The van der Waals surface area contributed by atoms with E-state index in [2.05, 4.69) is 9.47 Å². The molecule has 0 aliphatic heterocycles. The summed E-state index contributed by atoms with van der Waals surface area (Å²) in [5.74, 6) is 0. The van der Waals surface area contributed by atoms with Crippen LogP contribution in [0.1, 0.15) is 13.3 Å². The lowest BCUT2D eigenvalue weighted by molar-refractivity contribution is 0.00376. The standard InChI is InChI=1S/C6H10O6/c1-2-4(12-6(9)10)3-11-5(7)8/h4H,2-3H2,1H3,(H,7,8)(H,9,10). The number of rotatable bonds is 4. The summed E-state index contributed by atoms with van der Waals surface area (Å²) in [6.45, 7) is 1.40. The number of carbonyl (C=O) groups is 2. The molecule has 0 bridgehead atoms. The molecule has 0 radical (unpaired) electrons. The molecule has 0 aromatic rings. The summed E-state index contributed by atoms with van der Waals surface area (Å²) < 4.78 is 8.40. The van der Waals surface area contributed by atoms with Gasteiger partial charge in [0.2, 0.25) is 0 Å². The van der Waals surface area contributed by atoms with Gasteiger partial charge in [0.1, 0.15) is 12.7 Å². The van der Waals surface area contributed by atoms with Crippen molar-refractivity contribution in [3.63, 3.8) is 0 Å². The van der Waals surface area contributed by atoms with Crippen LogP contribution in [-0.2, 0) is 9.47 Å². The molecule has 0 heterocycles. The highest BCUT2D eigenvalue weighted by Gasteiger charge is 2.13. The van der Waals surface area contributed by atoms with Crippen LogP contribution in [0.25, 0.3) is 0 Å². The van der Waals surface area contributed by atoms with E-state index in [1.165, 1.54) is 0 Å². The molecule has 0 amide bonds. The van der Waals surface area contributed by atoms with Gasteiger partial charge in [-0.2, -0.15) is 0 Å². The van der Waals surface area contributed by atoms with E-state index in [9.17, 15) is 9.59 Å². The van der Waals surface area contributed by atoms with E-state index < -0.39 is 18.4 Å². The molecule has 0 rings (SSSR count). The maximum atomic E-state index is 9.99. The molecule has 6 heteroatoms. The highest BCUT2D eigenvalue weighted by molar-refractivity contribution is 5.58. The van der Waals surface area contributed by atoms with Gasteiger partial charge in [0.25, 0.3) is 0 Å². The SMILES string of the molecule is CCC(COC(=O)O)OC(=O)O. The third kappa shape index (κ3) is 5.33. The summed E-state index contributed by atoms with van der Waals surface area (Å²) in [5.41, 5.74) is 0. The van der Waals surface area contributed by atoms with Crippen molar-refractivity contribution in [3.8, 4) is 0 Å². The van der Waals surface area contributed by atoms with Crippen molar-refractivity contribution in [2.24, 2.45) is 0 Å². The second-order valence-corrected chi connectivity index (χ2v) is 1.99. The van der Waals surface area contributed by atoms with Gasteiger partial charge in [-0.3, -0.25) is 0 Å². The fraction of sp³-hybridized carbons (Fsp3) is 0.667. The summed E-state index contributed by atoms with van der Waals surface area (Å²) in [4.78, 5) is 19.9. The molecule has 0 aliphatic rings. The lowest BCUT2D eigenvalue weighted by Gasteiger charge is -2.11. The van der Waals surface area contributed by atoms with Gasteiger partial charge in [-0.1, -0.05) is 6.92 Å². The van der Waals surface area contributed by atoms with Gasteiger partial charge >= 0.3 is 12.3 Å². The normalized spacial score (nSPS) is 11.8. The molecule has 2 N–H and O–H groups in total. The van der Waals surface area contributed by atoms with E-state index in [4.69, 9.17) is 10.2 Å². The third-order valence-corrected chi connectivity index (χ3v) is 1.12. The smallest absolute Gasteiger partial charge is 0.450 e. The van der Waals surface area contributed by atoms with Gasteiger partial charge in [-0.25, -0.2) is 9.59 Å². The van der Waals surface area contributed by atoms with Gasteiger partial charge in [-0.05, 0) is 6.42 Å². The Kier molecular flexibility index (Phi) is 4.59. The van der Waals surface area contributed by atoms with Crippen LogP contribution < -0.4 is 0 Å². The van der Waals surface area contributed by atoms with Gasteiger partial charge in [-0.15, -0.1) is 0 Å². The Labute approximate surface area is 68.7 Å². The first-order valence-corrected chi connectivity index (χ1v) is 3.31. The number of ether oxygens (including phenoxy) is 2. The first kappa shape index (κ1) is 10.5. The van der Waals surface area contributed by atoms with Gasteiger partial charge in [0, 0.05) is 0 Å². The van der Waals surface area contributed by atoms with Gasteiger partial charge in [0.05, 0.1) is 0 Å². The molecule has 0 aromatic carbocycles. The number of carboxylic acid groups (broad SMARTS) is 2. The maximum Gasteiger partial charge on any atom is 0.506 e. The highest BCUT2D eigenvalue weighted by atomic mass is 16.7. The van der Waals surface area contributed by atoms with E-state index in [0.29, 0.717) is 6.42 Å². The highest BCUT2D eigenvalue weighted by Crippen LogP contribution is 1.99. The quantitative estimate of drug-likeness (QED) is 0.627. The monoisotopic (exact) mass is 178 g/mol. The minimum atomic E-state index is -1.44. The predicted octanol–water partition coefficient (Wildman–Crippen LogP) is 1.15. The molecule has 0 fully saturated rings. The van der Waals surface area contributed by atoms with Crippen molar-refractivity contribution in [1.29, 1.82) is 0 Å². The predicted molar refractivity (Wildman–Crippen MR) is 37.2 cm³/mol. The molecule has 0 aromatic heterocycles. The first-order valence-electron chi connectivity index (χ1n) is 3.31.